The molecule has 308 valence electrons. The first kappa shape index (κ1) is 42.8. The number of carbonyl (C=O) groups is 1. The molecule has 3 heterocycles. The maximum absolute atomic E-state index is 12.3. The largest absolute Gasteiger partial charge is 0.504 e. The third-order valence-corrected chi connectivity index (χ3v) is 11.0. The minimum absolute atomic E-state index is 0.0107. The van der Waals surface area contributed by atoms with Crippen LogP contribution < -0.4 is 30.6 Å². The second-order valence-corrected chi connectivity index (χ2v) is 15.3. The lowest BCUT2D eigenvalue weighted by Gasteiger charge is -2.46. The molecule has 0 radical (unpaired) electrons. The highest BCUT2D eigenvalue weighted by Gasteiger charge is 2.45. The molecule has 3 aromatic rings. The zero-order chi connectivity index (χ0) is 40.4. The summed E-state index contributed by atoms with van der Waals surface area (Å²) < 4.78 is 24.3. The molecule has 15 nitrogen and oxygen atoms in total. The highest BCUT2D eigenvalue weighted by molar-refractivity contribution is 5.68. The van der Waals surface area contributed by atoms with Gasteiger partial charge in [-0.2, -0.15) is 0 Å². The van der Waals surface area contributed by atoms with Gasteiger partial charge in [0.25, 0.3) is 0 Å². The van der Waals surface area contributed by atoms with Gasteiger partial charge in [0.1, 0.15) is 19.2 Å². The van der Waals surface area contributed by atoms with Gasteiger partial charge in [-0.15, -0.1) is 0 Å². The third kappa shape index (κ3) is 11.1. The zero-order valence-corrected chi connectivity index (χ0v) is 32.4. The van der Waals surface area contributed by atoms with Gasteiger partial charge in [0.2, 0.25) is 5.75 Å². The summed E-state index contributed by atoms with van der Waals surface area (Å²) in [5.41, 5.74) is 7.57. The Balaban J connectivity index is 1.36. The first-order valence-electron chi connectivity index (χ1n) is 19.3. The van der Waals surface area contributed by atoms with Gasteiger partial charge in [0.15, 0.2) is 23.0 Å². The second kappa shape index (κ2) is 19.7. The van der Waals surface area contributed by atoms with E-state index < -0.39 is 41.7 Å². The monoisotopic (exact) mass is 782 g/mol. The number of nitrogens with zero attached hydrogens (tertiary/aromatic N) is 1. The molecule has 15 heteroatoms. The van der Waals surface area contributed by atoms with E-state index in [1.807, 2.05) is 13.0 Å². The fraction of sp³-hybridized carbons (Fsp3) is 0.561. The molecule has 1 aromatic heterocycles. The van der Waals surface area contributed by atoms with Gasteiger partial charge < -0.3 is 60.6 Å². The van der Waals surface area contributed by atoms with E-state index in [0.29, 0.717) is 55.8 Å². The number of nitrogen functional groups attached to an aromatic ring is 1. The Morgan fingerprint density at radius 2 is 1.89 bits per heavy atom. The maximum Gasteiger partial charge on any atom is 0.303 e. The van der Waals surface area contributed by atoms with Gasteiger partial charge in [-0.3, -0.25) is 10.1 Å². The highest BCUT2D eigenvalue weighted by atomic mass is 16.5. The van der Waals surface area contributed by atoms with E-state index in [2.05, 4.69) is 15.6 Å². The molecule has 0 amide bonds. The SMILES string of the molecule is COc1cc([C@H]2O[C@@H](CCc3ccc(O)c(OCNC[C@H](C)O)c3)C[C@H](O)[C@@H]2CCO)cc(OC[C@H]2N[C@@H](C)CC[C@]2(CC(=O)O)Cc2ccnc(N)c2)c1O. The summed E-state index contributed by atoms with van der Waals surface area (Å²) in [5, 5.41) is 69.1. The Hall–Kier alpha value is -4.38. The number of nitrogens with one attached hydrogen (secondary N) is 2. The molecule has 2 aliphatic rings. The van der Waals surface area contributed by atoms with Crippen molar-refractivity contribution < 1.29 is 54.4 Å². The number of anilines is 1. The van der Waals surface area contributed by atoms with E-state index in [-0.39, 0.29) is 67.9 Å². The van der Waals surface area contributed by atoms with Crippen LogP contribution in [0.15, 0.2) is 48.7 Å². The van der Waals surface area contributed by atoms with Crippen LogP contribution in [0.4, 0.5) is 5.82 Å². The van der Waals surface area contributed by atoms with E-state index in [9.17, 15) is 35.4 Å². The molecular weight excluding hydrogens is 724 g/mol. The summed E-state index contributed by atoms with van der Waals surface area (Å²) in [4.78, 5) is 16.4. The second-order valence-electron chi connectivity index (χ2n) is 15.3. The maximum atomic E-state index is 12.3. The van der Waals surface area contributed by atoms with Crippen LogP contribution in [0.2, 0.25) is 0 Å². The minimum Gasteiger partial charge on any atom is -0.504 e. The third-order valence-electron chi connectivity index (χ3n) is 11.0. The predicted molar refractivity (Wildman–Crippen MR) is 208 cm³/mol. The van der Waals surface area contributed by atoms with Crippen LogP contribution in [-0.2, 0) is 22.4 Å². The number of ether oxygens (including phenoxy) is 4. The number of carboxylic acids is 1. The van der Waals surface area contributed by atoms with E-state index in [1.54, 1.807) is 49.5 Å². The lowest BCUT2D eigenvalue weighted by atomic mass is 9.67. The van der Waals surface area contributed by atoms with Gasteiger partial charge in [-0.1, -0.05) is 6.07 Å². The number of carboxylic acid groups (broad SMARTS) is 1. The number of nitrogens with two attached hydrogens (primary N) is 1. The van der Waals surface area contributed by atoms with Crippen LogP contribution in [0.25, 0.3) is 0 Å². The van der Waals surface area contributed by atoms with E-state index in [1.165, 1.54) is 7.11 Å². The first-order chi connectivity index (χ1) is 26.8. The van der Waals surface area contributed by atoms with Crippen LogP contribution in [0, 0.1) is 11.3 Å². The van der Waals surface area contributed by atoms with Gasteiger partial charge in [0, 0.05) is 42.8 Å². The van der Waals surface area contributed by atoms with E-state index in [0.717, 1.165) is 17.5 Å². The van der Waals surface area contributed by atoms with Crippen LogP contribution in [-0.4, -0.2) is 106 Å². The molecule has 5 rings (SSSR count). The number of aromatic nitrogens is 1. The molecule has 0 unspecified atom stereocenters. The highest BCUT2D eigenvalue weighted by Crippen LogP contribution is 2.46. The van der Waals surface area contributed by atoms with Crippen molar-refractivity contribution in [3.8, 4) is 28.7 Å². The lowest BCUT2D eigenvalue weighted by molar-refractivity contribution is -0.144. The molecule has 10 N–H and O–H groups in total. The molecule has 2 aromatic carbocycles. The number of benzene rings is 2. The molecular formula is C41H58N4O11. The summed E-state index contributed by atoms with van der Waals surface area (Å²) >= 11 is 0. The number of phenols is 2. The molecule has 56 heavy (non-hydrogen) atoms. The van der Waals surface area contributed by atoms with E-state index >= 15 is 0 Å². The van der Waals surface area contributed by atoms with Crippen molar-refractivity contribution in [2.75, 3.05) is 39.3 Å². The number of rotatable bonds is 19. The van der Waals surface area contributed by atoms with Crippen molar-refractivity contribution in [3.05, 3.63) is 65.4 Å². The number of aliphatic hydroxyl groups excluding tert-OH is 3. The summed E-state index contributed by atoms with van der Waals surface area (Å²) in [6.45, 7) is 4.01. The van der Waals surface area contributed by atoms with Gasteiger partial charge in [-0.25, -0.2) is 4.98 Å². The van der Waals surface area contributed by atoms with Gasteiger partial charge >= 0.3 is 5.97 Å². The summed E-state index contributed by atoms with van der Waals surface area (Å²) in [7, 11) is 1.43. The lowest BCUT2D eigenvalue weighted by Crippen LogP contribution is -2.57. The molecule has 8 atom stereocenters. The average molecular weight is 783 g/mol. The smallest absolute Gasteiger partial charge is 0.303 e. The minimum atomic E-state index is -0.933. The topological polar surface area (TPSA) is 238 Å². The van der Waals surface area contributed by atoms with Crippen molar-refractivity contribution in [1.29, 1.82) is 0 Å². The van der Waals surface area contributed by atoms with Gasteiger partial charge in [0.05, 0.1) is 37.9 Å². The van der Waals surface area contributed by atoms with Crippen LogP contribution in [0.1, 0.15) is 75.2 Å². The molecule has 0 spiro atoms. The first-order valence-corrected chi connectivity index (χ1v) is 19.3. The number of phenolic OH excluding ortho intramolecular Hbond substituents is 2. The molecule has 2 saturated heterocycles. The Morgan fingerprint density at radius 1 is 1.11 bits per heavy atom. The average Bonchev–Trinajstić information content (AvgIpc) is 3.15. The fourth-order valence-electron chi connectivity index (χ4n) is 8.08. The van der Waals surface area contributed by atoms with Crippen LogP contribution in [0.5, 0.6) is 28.7 Å². The predicted octanol–water partition coefficient (Wildman–Crippen LogP) is 3.44. The normalized spacial score (nSPS) is 25.7. The number of pyridine rings is 1. The van der Waals surface area contributed by atoms with Crippen molar-refractivity contribution in [2.24, 2.45) is 11.3 Å². The van der Waals surface area contributed by atoms with Crippen LogP contribution >= 0.6 is 0 Å². The van der Waals surface area contributed by atoms with Crippen molar-refractivity contribution in [2.45, 2.75) is 102 Å². The molecule has 2 fully saturated rings. The number of hydrogen-bond donors (Lipinski definition) is 9. The fourth-order valence-corrected chi connectivity index (χ4v) is 8.08. The number of aliphatic hydroxyl groups is 3. The number of aryl methyl sites for hydroxylation is 1. The van der Waals surface area contributed by atoms with Crippen molar-refractivity contribution in [3.63, 3.8) is 0 Å². The molecule has 0 saturated carbocycles. The number of methoxy groups -OCH3 is 1. The van der Waals surface area contributed by atoms with Crippen molar-refractivity contribution in [1.82, 2.24) is 15.6 Å². The van der Waals surface area contributed by atoms with Gasteiger partial charge in [-0.05, 0) is 112 Å². The Morgan fingerprint density at radius 3 is 2.61 bits per heavy atom. The number of aliphatic carboxylic acids is 1. The summed E-state index contributed by atoms with van der Waals surface area (Å²) in [5.74, 6) is -0.757. The van der Waals surface area contributed by atoms with E-state index in [4.69, 9.17) is 24.7 Å². The number of piperidine rings is 1. The molecule has 0 bridgehead atoms. The van der Waals surface area contributed by atoms with Crippen molar-refractivity contribution >= 4 is 11.8 Å². The Labute approximate surface area is 327 Å². The molecule has 2 aliphatic heterocycles. The zero-order valence-electron chi connectivity index (χ0n) is 32.4. The Kier molecular flexibility index (Phi) is 15.0. The summed E-state index contributed by atoms with van der Waals surface area (Å²) in [6, 6.07) is 11.7. The van der Waals surface area contributed by atoms with Crippen LogP contribution in [0.3, 0.4) is 0 Å². The number of hydrogen-bond acceptors (Lipinski definition) is 14. The molecule has 0 aliphatic carbocycles. The standard InChI is InChI=1S/C41H58N4O11/c1-24-8-11-41(20-38(50)51,19-27-9-12-44-37(42)15-27)36(45-24)22-54-35-17-28(16-34(53-3)39(35)52)40-30(10-13-46)32(49)18-29(56-40)6-4-26-5-7-31(48)33(14-26)55-23-43-21-25(2)47/h5,7,9,12,14-17,24-25,29-30,32,36,40,43,45-49,52H,4,6,8,10-11,13,18-23H2,1-3H3,(H2,42,44)(H,50,51)/t24-,25-,29-,30-,32-,36+,40+,41+/m0/s1. The number of aromatic hydroxyl groups is 2. The summed E-state index contributed by atoms with van der Waals surface area (Å²) in [6.07, 6.45) is 2.57. The Bertz CT molecular complexity index is 1750. The quantitative estimate of drug-likeness (QED) is 0.0626.